The van der Waals surface area contributed by atoms with Gasteiger partial charge < -0.3 is 10.1 Å². The molecule has 0 aromatic heterocycles. The molecule has 0 saturated carbocycles. The van der Waals surface area contributed by atoms with Crippen molar-refractivity contribution in [1.29, 1.82) is 0 Å². The van der Waals surface area contributed by atoms with Crippen LogP contribution in [-0.2, 0) is 21.0 Å². The zero-order chi connectivity index (χ0) is 12.9. The third-order valence-corrected chi connectivity index (χ3v) is 3.74. The summed E-state index contributed by atoms with van der Waals surface area (Å²) < 4.78 is 27.7. The summed E-state index contributed by atoms with van der Waals surface area (Å²) in [5, 5.41) is 3.15. The molecule has 0 amide bonds. The van der Waals surface area contributed by atoms with Crippen LogP contribution in [0, 0.1) is 0 Å². The van der Waals surface area contributed by atoms with Gasteiger partial charge in [-0.1, -0.05) is 12.1 Å². The van der Waals surface area contributed by atoms with Gasteiger partial charge in [-0.25, -0.2) is 8.42 Å². The van der Waals surface area contributed by atoms with Crippen LogP contribution in [-0.4, -0.2) is 41.5 Å². The standard InChI is InChI=1S/C12H19NO3S/c1-13-11(9-16-2)8-10-4-6-12(7-5-10)17(3,14)15/h4-7,11,13H,8-9H2,1-3H3. The van der Waals surface area contributed by atoms with Gasteiger partial charge in [-0.3, -0.25) is 0 Å². The van der Waals surface area contributed by atoms with Crippen molar-refractivity contribution in [3.63, 3.8) is 0 Å². The van der Waals surface area contributed by atoms with E-state index in [1.54, 1.807) is 19.2 Å². The Bertz CT molecular complexity index is 439. The van der Waals surface area contributed by atoms with Crippen LogP contribution in [0.15, 0.2) is 29.2 Å². The SMILES string of the molecule is CNC(COC)Cc1ccc(S(C)(=O)=O)cc1. The second kappa shape index (κ2) is 6.14. The van der Waals surface area contributed by atoms with Crippen LogP contribution in [0.3, 0.4) is 0 Å². The van der Waals surface area contributed by atoms with Crippen LogP contribution >= 0.6 is 0 Å². The third-order valence-electron chi connectivity index (χ3n) is 2.61. The molecule has 0 heterocycles. The van der Waals surface area contributed by atoms with E-state index in [0.29, 0.717) is 11.5 Å². The van der Waals surface area contributed by atoms with Gasteiger partial charge in [0.1, 0.15) is 0 Å². The molecule has 4 nitrogen and oxygen atoms in total. The van der Waals surface area contributed by atoms with Crippen LogP contribution in [0.5, 0.6) is 0 Å². The summed E-state index contributed by atoms with van der Waals surface area (Å²) in [6.45, 7) is 0.629. The largest absolute Gasteiger partial charge is 0.383 e. The van der Waals surface area contributed by atoms with Crippen molar-refractivity contribution >= 4 is 9.84 Å². The molecule has 1 N–H and O–H groups in total. The van der Waals surface area contributed by atoms with E-state index < -0.39 is 9.84 Å². The number of hydrogen-bond donors (Lipinski definition) is 1. The summed E-state index contributed by atoms with van der Waals surface area (Å²) in [6, 6.07) is 7.21. The molecule has 0 radical (unpaired) electrons. The summed E-state index contributed by atoms with van der Waals surface area (Å²) >= 11 is 0. The second-order valence-electron chi connectivity index (χ2n) is 4.06. The van der Waals surface area contributed by atoms with Gasteiger partial charge in [-0.05, 0) is 31.2 Å². The number of nitrogens with one attached hydrogen (secondary N) is 1. The Morgan fingerprint density at radius 3 is 2.29 bits per heavy atom. The maximum absolute atomic E-state index is 11.3. The summed E-state index contributed by atoms with van der Waals surface area (Å²) in [5.41, 5.74) is 1.09. The van der Waals surface area contributed by atoms with Gasteiger partial charge in [0.25, 0.3) is 0 Å². The van der Waals surface area contributed by atoms with Crippen LogP contribution in [0.2, 0.25) is 0 Å². The Hall–Kier alpha value is -0.910. The summed E-state index contributed by atoms with van der Waals surface area (Å²) in [4.78, 5) is 0.356. The van der Waals surface area contributed by atoms with E-state index in [1.807, 2.05) is 19.2 Å². The molecule has 1 rings (SSSR count). The first-order valence-electron chi connectivity index (χ1n) is 5.42. The van der Waals surface area contributed by atoms with Gasteiger partial charge in [0, 0.05) is 19.4 Å². The monoisotopic (exact) mass is 257 g/mol. The molecule has 1 atom stereocenters. The Balaban J connectivity index is 2.74. The van der Waals surface area contributed by atoms with E-state index in [2.05, 4.69) is 5.32 Å². The molecule has 0 aliphatic rings. The fraction of sp³-hybridized carbons (Fsp3) is 0.500. The first kappa shape index (κ1) is 14.2. The smallest absolute Gasteiger partial charge is 0.175 e. The number of likely N-dealkylation sites (N-methyl/N-ethyl adjacent to an activating group) is 1. The molecule has 17 heavy (non-hydrogen) atoms. The minimum atomic E-state index is -3.10. The molecule has 5 heteroatoms. The van der Waals surface area contributed by atoms with Crippen molar-refractivity contribution < 1.29 is 13.2 Å². The summed E-state index contributed by atoms with van der Waals surface area (Å²) in [7, 11) is 0.443. The van der Waals surface area contributed by atoms with Crippen LogP contribution < -0.4 is 5.32 Å². The summed E-state index contributed by atoms with van der Waals surface area (Å²) in [6.07, 6.45) is 2.03. The highest BCUT2D eigenvalue weighted by Gasteiger charge is 2.09. The molecule has 0 aliphatic heterocycles. The molecule has 1 aromatic rings. The van der Waals surface area contributed by atoms with Gasteiger partial charge in [-0.2, -0.15) is 0 Å². The lowest BCUT2D eigenvalue weighted by Gasteiger charge is -2.15. The summed E-state index contributed by atoms with van der Waals surface area (Å²) in [5.74, 6) is 0. The van der Waals surface area contributed by atoms with Crippen LogP contribution in [0.25, 0.3) is 0 Å². The quantitative estimate of drug-likeness (QED) is 0.821. The molecule has 0 spiro atoms. The number of sulfone groups is 1. The van der Waals surface area contributed by atoms with E-state index in [0.717, 1.165) is 12.0 Å². The average molecular weight is 257 g/mol. The zero-order valence-electron chi connectivity index (χ0n) is 10.4. The van der Waals surface area contributed by atoms with Gasteiger partial charge in [0.2, 0.25) is 0 Å². The minimum Gasteiger partial charge on any atom is -0.383 e. The first-order valence-corrected chi connectivity index (χ1v) is 7.31. The highest BCUT2D eigenvalue weighted by Crippen LogP contribution is 2.11. The minimum absolute atomic E-state index is 0.240. The first-order chi connectivity index (χ1) is 7.97. The fourth-order valence-electron chi connectivity index (χ4n) is 1.60. The van der Waals surface area contributed by atoms with Gasteiger partial charge in [0.15, 0.2) is 9.84 Å². The van der Waals surface area contributed by atoms with Gasteiger partial charge in [0.05, 0.1) is 11.5 Å². The lowest BCUT2D eigenvalue weighted by atomic mass is 10.1. The zero-order valence-corrected chi connectivity index (χ0v) is 11.3. The predicted octanol–water partition coefficient (Wildman–Crippen LogP) is 0.867. The second-order valence-corrected chi connectivity index (χ2v) is 6.08. The molecule has 0 bridgehead atoms. The molecule has 0 saturated heterocycles. The highest BCUT2D eigenvalue weighted by molar-refractivity contribution is 7.90. The molecule has 96 valence electrons. The highest BCUT2D eigenvalue weighted by atomic mass is 32.2. The van der Waals surface area contributed by atoms with E-state index >= 15 is 0 Å². The molecule has 1 aromatic carbocycles. The van der Waals surface area contributed by atoms with E-state index in [1.165, 1.54) is 6.26 Å². The number of rotatable bonds is 6. The topological polar surface area (TPSA) is 55.4 Å². The third kappa shape index (κ3) is 4.46. The molecular weight excluding hydrogens is 238 g/mol. The lowest BCUT2D eigenvalue weighted by Crippen LogP contribution is -2.32. The number of benzene rings is 1. The van der Waals surface area contributed by atoms with Crippen molar-refractivity contribution in [3.05, 3.63) is 29.8 Å². The van der Waals surface area contributed by atoms with E-state index in [4.69, 9.17) is 4.74 Å². The molecular formula is C12H19NO3S. The maximum Gasteiger partial charge on any atom is 0.175 e. The molecule has 0 fully saturated rings. The van der Waals surface area contributed by atoms with Crippen molar-refractivity contribution in [2.75, 3.05) is 27.0 Å². The fourth-order valence-corrected chi connectivity index (χ4v) is 2.23. The van der Waals surface area contributed by atoms with Crippen molar-refractivity contribution in [2.45, 2.75) is 17.4 Å². The Morgan fingerprint density at radius 1 is 1.29 bits per heavy atom. The van der Waals surface area contributed by atoms with E-state index in [-0.39, 0.29) is 6.04 Å². The van der Waals surface area contributed by atoms with Crippen molar-refractivity contribution in [1.82, 2.24) is 5.32 Å². The maximum atomic E-state index is 11.3. The Morgan fingerprint density at radius 2 is 1.88 bits per heavy atom. The number of methoxy groups -OCH3 is 1. The van der Waals surface area contributed by atoms with Crippen LogP contribution in [0.1, 0.15) is 5.56 Å². The predicted molar refractivity (Wildman–Crippen MR) is 68.0 cm³/mol. The number of ether oxygens (including phenoxy) is 1. The van der Waals surface area contributed by atoms with Gasteiger partial charge in [-0.15, -0.1) is 0 Å². The van der Waals surface area contributed by atoms with Crippen molar-refractivity contribution in [2.24, 2.45) is 0 Å². The van der Waals surface area contributed by atoms with Gasteiger partial charge >= 0.3 is 0 Å². The lowest BCUT2D eigenvalue weighted by molar-refractivity contribution is 0.169. The average Bonchev–Trinajstić information content (AvgIpc) is 2.28. The number of hydrogen-bond acceptors (Lipinski definition) is 4. The molecule has 0 aliphatic carbocycles. The van der Waals surface area contributed by atoms with Crippen molar-refractivity contribution in [3.8, 4) is 0 Å². The normalized spacial score (nSPS) is 13.6. The Labute approximate surface area is 103 Å². The van der Waals surface area contributed by atoms with E-state index in [9.17, 15) is 8.42 Å². The van der Waals surface area contributed by atoms with Crippen LogP contribution in [0.4, 0.5) is 0 Å². The Kier molecular flexibility index (Phi) is 5.11. The molecule has 1 unspecified atom stereocenters.